The maximum atomic E-state index is 12.8. The topological polar surface area (TPSA) is 41.1 Å². The van der Waals surface area contributed by atoms with Crippen molar-refractivity contribution in [2.24, 2.45) is 0 Å². The third-order valence-electron chi connectivity index (χ3n) is 3.15. The molecule has 2 aromatic carbocycles. The van der Waals surface area contributed by atoms with Crippen LogP contribution in [0.1, 0.15) is 12.0 Å². The highest BCUT2D eigenvalue weighted by molar-refractivity contribution is 9.10. The van der Waals surface area contributed by atoms with Gasteiger partial charge in [-0.25, -0.2) is 4.39 Å². The summed E-state index contributed by atoms with van der Waals surface area (Å²) in [5, 5.41) is 6.06. The Labute approximate surface area is 138 Å². The molecule has 0 radical (unpaired) electrons. The standard InChI is InChI=1S/C17H18BrFN2O/c18-14-2-1-3-16(12-14)20-11-9-17(22)21-10-8-13-4-6-15(19)7-5-13/h1-7,12,20H,8-11H2,(H,21,22). The van der Waals surface area contributed by atoms with E-state index in [1.54, 1.807) is 12.1 Å². The van der Waals surface area contributed by atoms with Gasteiger partial charge in [-0.3, -0.25) is 4.79 Å². The Bertz CT molecular complexity index is 616. The average Bonchev–Trinajstić information content (AvgIpc) is 2.49. The molecule has 0 saturated heterocycles. The molecule has 0 bridgehead atoms. The van der Waals surface area contributed by atoms with Crippen molar-refractivity contribution in [3.8, 4) is 0 Å². The van der Waals surface area contributed by atoms with Crippen molar-refractivity contribution in [3.63, 3.8) is 0 Å². The van der Waals surface area contributed by atoms with Crippen LogP contribution in [0.5, 0.6) is 0 Å². The summed E-state index contributed by atoms with van der Waals surface area (Å²) in [5.74, 6) is -0.240. The van der Waals surface area contributed by atoms with E-state index < -0.39 is 0 Å². The molecule has 22 heavy (non-hydrogen) atoms. The van der Waals surface area contributed by atoms with Gasteiger partial charge in [0.2, 0.25) is 5.91 Å². The van der Waals surface area contributed by atoms with Gasteiger partial charge in [-0.1, -0.05) is 34.1 Å². The van der Waals surface area contributed by atoms with Gasteiger partial charge < -0.3 is 10.6 Å². The molecule has 0 spiro atoms. The van der Waals surface area contributed by atoms with Gasteiger partial charge in [-0.15, -0.1) is 0 Å². The number of benzene rings is 2. The van der Waals surface area contributed by atoms with Gasteiger partial charge in [0.05, 0.1) is 0 Å². The minimum absolute atomic E-state index is 0.00427. The molecule has 5 heteroatoms. The van der Waals surface area contributed by atoms with Crippen LogP contribution in [0.25, 0.3) is 0 Å². The van der Waals surface area contributed by atoms with Gasteiger partial charge in [0, 0.05) is 29.7 Å². The number of anilines is 1. The molecule has 2 N–H and O–H groups in total. The number of carbonyl (C=O) groups excluding carboxylic acids is 1. The molecule has 0 aliphatic heterocycles. The Morgan fingerprint density at radius 3 is 2.59 bits per heavy atom. The van der Waals surface area contributed by atoms with E-state index >= 15 is 0 Å². The van der Waals surface area contributed by atoms with E-state index in [4.69, 9.17) is 0 Å². The molecule has 0 saturated carbocycles. The molecule has 1 amide bonds. The summed E-state index contributed by atoms with van der Waals surface area (Å²) in [6, 6.07) is 14.1. The van der Waals surface area contributed by atoms with Crippen molar-refractivity contribution in [1.29, 1.82) is 0 Å². The molecule has 2 aromatic rings. The number of amides is 1. The lowest BCUT2D eigenvalue weighted by atomic mass is 10.1. The van der Waals surface area contributed by atoms with Gasteiger partial charge in [-0.2, -0.15) is 0 Å². The fourth-order valence-corrected chi connectivity index (χ4v) is 2.40. The van der Waals surface area contributed by atoms with Gasteiger partial charge >= 0.3 is 0 Å². The SMILES string of the molecule is O=C(CCNc1cccc(Br)c1)NCCc1ccc(F)cc1. The fraction of sp³-hybridized carbons (Fsp3) is 0.235. The molecule has 0 unspecified atom stereocenters. The van der Waals surface area contributed by atoms with Crippen molar-refractivity contribution in [2.75, 3.05) is 18.4 Å². The summed E-state index contributed by atoms with van der Waals surface area (Å²) in [6.45, 7) is 1.14. The van der Waals surface area contributed by atoms with Crippen LogP contribution in [0.4, 0.5) is 10.1 Å². The predicted molar refractivity (Wildman–Crippen MR) is 90.4 cm³/mol. The average molecular weight is 365 g/mol. The number of nitrogens with one attached hydrogen (secondary N) is 2. The van der Waals surface area contributed by atoms with Crippen LogP contribution in [0, 0.1) is 5.82 Å². The quantitative estimate of drug-likeness (QED) is 0.785. The molecule has 0 atom stereocenters. The minimum atomic E-state index is -0.244. The Kier molecular flexibility index (Phi) is 6.40. The highest BCUT2D eigenvalue weighted by atomic mass is 79.9. The monoisotopic (exact) mass is 364 g/mol. The van der Waals surface area contributed by atoms with Crippen LogP contribution in [0.15, 0.2) is 53.0 Å². The largest absolute Gasteiger partial charge is 0.384 e. The number of hydrogen-bond donors (Lipinski definition) is 2. The highest BCUT2D eigenvalue weighted by Crippen LogP contribution is 2.15. The summed E-state index contributed by atoms with van der Waals surface area (Å²) in [4.78, 5) is 11.7. The van der Waals surface area contributed by atoms with Crippen LogP contribution in [0.2, 0.25) is 0 Å². The van der Waals surface area contributed by atoms with Gasteiger partial charge in [-0.05, 0) is 42.3 Å². The molecule has 0 heterocycles. The van der Waals surface area contributed by atoms with E-state index in [0.29, 0.717) is 25.9 Å². The fourth-order valence-electron chi connectivity index (χ4n) is 2.00. The number of halogens is 2. The van der Waals surface area contributed by atoms with Crippen LogP contribution in [-0.4, -0.2) is 19.0 Å². The van der Waals surface area contributed by atoms with Crippen LogP contribution >= 0.6 is 15.9 Å². The third-order valence-corrected chi connectivity index (χ3v) is 3.65. The zero-order valence-electron chi connectivity index (χ0n) is 12.1. The number of hydrogen-bond acceptors (Lipinski definition) is 2. The number of carbonyl (C=O) groups is 1. The Hall–Kier alpha value is -1.88. The lowest BCUT2D eigenvalue weighted by Crippen LogP contribution is -2.27. The second-order valence-electron chi connectivity index (χ2n) is 4.91. The normalized spacial score (nSPS) is 10.3. The first-order valence-corrected chi connectivity index (χ1v) is 7.93. The summed E-state index contributed by atoms with van der Waals surface area (Å²) in [5.41, 5.74) is 1.99. The molecular formula is C17H18BrFN2O. The summed E-state index contributed by atoms with van der Waals surface area (Å²) in [6.07, 6.45) is 1.11. The van der Waals surface area contributed by atoms with Crippen LogP contribution in [-0.2, 0) is 11.2 Å². The molecule has 3 nitrogen and oxygen atoms in total. The minimum Gasteiger partial charge on any atom is -0.384 e. The zero-order chi connectivity index (χ0) is 15.8. The van der Waals surface area contributed by atoms with Gasteiger partial charge in [0.25, 0.3) is 0 Å². The molecular weight excluding hydrogens is 347 g/mol. The van der Waals surface area contributed by atoms with Crippen molar-refractivity contribution in [3.05, 3.63) is 64.4 Å². The molecule has 0 aliphatic rings. The highest BCUT2D eigenvalue weighted by Gasteiger charge is 2.01. The first-order chi connectivity index (χ1) is 10.6. The Morgan fingerprint density at radius 2 is 1.86 bits per heavy atom. The van der Waals surface area contributed by atoms with Crippen molar-refractivity contribution < 1.29 is 9.18 Å². The summed E-state index contributed by atoms with van der Waals surface area (Å²) < 4.78 is 13.8. The summed E-state index contributed by atoms with van der Waals surface area (Å²) >= 11 is 3.40. The first kappa shape index (κ1) is 16.5. The zero-order valence-corrected chi connectivity index (χ0v) is 13.7. The maximum Gasteiger partial charge on any atom is 0.221 e. The van der Waals surface area contributed by atoms with Crippen molar-refractivity contribution >= 4 is 27.5 Å². The van der Waals surface area contributed by atoms with E-state index in [1.165, 1.54) is 12.1 Å². The number of rotatable bonds is 7. The second kappa shape index (κ2) is 8.54. The molecule has 0 aromatic heterocycles. The molecule has 0 fully saturated rings. The molecule has 2 rings (SSSR count). The second-order valence-corrected chi connectivity index (χ2v) is 5.83. The molecule has 0 aliphatic carbocycles. The van der Waals surface area contributed by atoms with E-state index in [2.05, 4.69) is 26.6 Å². The van der Waals surface area contributed by atoms with E-state index in [9.17, 15) is 9.18 Å². The first-order valence-electron chi connectivity index (χ1n) is 7.14. The lowest BCUT2D eigenvalue weighted by molar-refractivity contribution is -0.120. The van der Waals surface area contributed by atoms with Gasteiger partial charge in [0.1, 0.15) is 5.82 Å². The molecule has 116 valence electrons. The van der Waals surface area contributed by atoms with E-state index in [0.717, 1.165) is 15.7 Å². The maximum absolute atomic E-state index is 12.8. The third kappa shape index (κ3) is 5.85. The van der Waals surface area contributed by atoms with Crippen LogP contribution in [0.3, 0.4) is 0 Å². The van der Waals surface area contributed by atoms with Gasteiger partial charge in [0.15, 0.2) is 0 Å². The predicted octanol–water partition coefficient (Wildman–Crippen LogP) is 3.75. The van der Waals surface area contributed by atoms with Crippen molar-refractivity contribution in [1.82, 2.24) is 5.32 Å². The Balaban J connectivity index is 1.62. The van der Waals surface area contributed by atoms with Crippen molar-refractivity contribution in [2.45, 2.75) is 12.8 Å². The van der Waals surface area contributed by atoms with Crippen LogP contribution < -0.4 is 10.6 Å². The van der Waals surface area contributed by atoms with E-state index in [1.807, 2.05) is 24.3 Å². The summed E-state index contributed by atoms with van der Waals surface area (Å²) in [7, 11) is 0. The Morgan fingerprint density at radius 1 is 1.09 bits per heavy atom. The van der Waals surface area contributed by atoms with E-state index in [-0.39, 0.29) is 11.7 Å². The smallest absolute Gasteiger partial charge is 0.221 e. The lowest BCUT2D eigenvalue weighted by Gasteiger charge is -2.08.